The van der Waals surface area contributed by atoms with Crippen molar-refractivity contribution in [1.82, 2.24) is 10.6 Å². The molecule has 0 saturated carbocycles. The minimum atomic E-state index is -5.04. The maximum absolute atomic E-state index is 13.0. The predicted octanol–water partition coefficient (Wildman–Crippen LogP) is 3.74. The van der Waals surface area contributed by atoms with Crippen LogP contribution in [-0.4, -0.2) is 48.4 Å². The molecule has 1 aliphatic rings. The third-order valence-corrected chi connectivity index (χ3v) is 4.52. The summed E-state index contributed by atoms with van der Waals surface area (Å²) in [5.74, 6) is -2.97. The quantitative estimate of drug-likeness (QED) is 0.612. The minimum Gasteiger partial charge on any atom is -0.444 e. The van der Waals surface area contributed by atoms with E-state index in [1.54, 1.807) is 38.2 Å². The van der Waals surface area contributed by atoms with E-state index in [2.05, 4.69) is 5.32 Å². The number of hydrogen-bond acceptors (Lipinski definition) is 5. The van der Waals surface area contributed by atoms with Crippen molar-refractivity contribution >= 4 is 23.6 Å². The molecular formula is C22H25F3N2O5. The molecule has 0 unspecified atom stereocenters. The van der Waals surface area contributed by atoms with Crippen molar-refractivity contribution < 1.29 is 37.1 Å². The van der Waals surface area contributed by atoms with Crippen LogP contribution >= 0.6 is 0 Å². The van der Waals surface area contributed by atoms with Crippen molar-refractivity contribution in [3.8, 4) is 0 Å². The Balaban J connectivity index is 2.12. The van der Waals surface area contributed by atoms with Crippen LogP contribution in [0, 0.1) is 0 Å². The second kappa shape index (κ2) is 9.97. The van der Waals surface area contributed by atoms with Crippen molar-refractivity contribution in [3.05, 3.63) is 46.5 Å². The molecule has 0 atom stereocenters. The number of carbonyl (C=O) groups is 4. The van der Waals surface area contributed by atoms with Gasteiger partial charge in [0.2, 0.25) is 0 Å². The van der Waals surface area contributed by atoms with Crippen molar-refractivity contribution in [2.75, 3.05) is 13.1 Å². The first-order chi connectivity index (χ1) is 14.8. The minimum absolute atomic E-state index is 0.0634. The van der Waals surface area contributed by atoms with Crippen LogP contribution in [0.15, 0.2) is 35.4 Å². The zero-order valence-electron chi connectivity index (χ0n) is 18.0. The zero-order chi connectivity index (χ0) is 24.1. The molecule has 1 aromatic carbocycles. The van der Waals surface area contributed by atoms with Crippen LogP contribution in [0.2, 0.25) is 0 Å². The lowest BCUT2D eigenvalue weighted by Crippen LogP contribution is -2.38. The van der Waals surface area contributed by atoms with Crippen molar-refractivity contribution in [2.45, 2.75) is 51.8 Å². The highest BCUT2D eigenvalue weighted by atomic mass is 19.4. The van der Waals surface area contributed by atoms with Crippen LogP contribution in [0.4, 0.5) is 18.0 Å². The second-order valence-corrected chi connectivity index (χ2v) is 8.20. The first kappa shape index (κ1) is 25.1. The Kier molecular flexibility index (Phi) is 7.82. The standard InChI is InChI=1S/C22H25F3N2O5/c1-21(2,3)32-20(31)27-11-6-9-15-16(10-12-26-19(30)22(23,24)25)18(29)14-8-5-4-7-13(14)17(15)28/h4-5,7-8H,6,9-12H2,1-3H3,(H,26,30)(H,27,31). The van der Waals surface area contributed by atoms with Gasteiger partial charge in [0.1, 0.15) is 5.60 Å². The molecule has 0 heterocycles. The van der Waals surface area contributed by atoms with Crippen LogP contribution < -0.4 is 10.6 Å². The number of nitrogens with one attached hydrogen (secondary N) is 2. The molecule has 32 heavy (non-hydrogen) atoms. The van der Waals surface area contributed by atoms with Crippen LogP contribution in [0.5, 0.6) is 0 Å². The first-order valence-corrected chi connectivity index (χ1v) is 10.0. The summed E-state index contributed by atoms with van der Waals surface area (Å²) in [6.07, 6.45) is -5.47. The summed E-state index contributed by atoms with van der Waals surface area (Å²) in [7, 11) is 0. The molecule has 0 aliphatic heterocycles. The highest BCUT2D eigenvalue weighted by Crippen LogP contribution is 2.30. The predicted molar refractivity (Wildman–Crippen MR) is 109 cm³/mol. The van der Waals surface area contributed by atoms with Crippen molar-refractivity contribution in [2.24, 2.45) is 0 Å². The van der Waals surface area contributed by atoms with Gasteiger partial charge < -0.3 is 15.4 Å². The summed E-state index contributed by atoms with van der Waals surface area (Å²) in [6, 6.07) is 6.18. The third kappa shape index (κ3) is 6.66. The summed E-state index contributed by atoms with van der Waals surface area (Å²) >= 11 is 0. The van der Waals surface area contributed by atoms with E-state index in [1.807, 2.05) is 0 Å². The fourth-order valence-corrected chi connectivity index (χ4v) is 3.18. The van der Waals surface area contributed by atoms with Gasteiger partial charge in [0.15, 0.2) is 11.6 Å². The Morgan fingerprint density at radius 3 is 1.91 bits per heavy atom. The van der Waals surface area contributed by atoms with Crippen LogP contribution in [0.25, 0.3) is 0 Å². The number of fused-ring (bicyclic) bond motifs is 1. The largest absolute Gasteiger partial charge is 0.471 e. The van der Waals surface area contributed by atoms with E-state index in [-0.39, 0.29) is 41.7 Å². The average molecular weight is 454 g/mol. The number of alkyl halides is 3. The number of ketones is 2. The number of alkyl carbamates (subject to hydrolysis) is 1. The lowest BCUT2D eigenvalue weighted by molar-refractivity contribution is -0.173. The molecule has 174 valence electrons. The number of benzene rings is 1. The topological polar surface area (TPSA) is 102 Å². The lowest BCUT2D eigenvalue weighted by atomic mass is 9.81. The highest BCUT2D eigenvalue weighted by Gasteiger charge is 2.38. The molecule has 10 heteroatoms. The summed E-state index contributed by atoms with van der Waals surface area (Å²) in [6.45, 7) is 4.86. The molecule has 0 fully saturated rings. The summed E-state index contributed by atoms with van der Waals surface area (Å²) < 4.78 is 42.4. The van der Waals surface area contributed by atoms with Crippen LogP contribution in [0.3, 0.4) is 0 Å². The Labute approximate surface area is 183 Å². The van der Waals surface area contributed by atoms with E-state index in [4.69, 9.17) is 4.74 Å². The Bertz CT molecular complexity index is 946. The molecule has 0 radical (unpaired) electrons. The molecule has 1 aromatic rings. The van der Waals surface area contributed by atoms with Gasteiger partial charge >= 0.3 is 18.2 Å². The van der Waals surface area contributed by atoms with Gasteiger partial charge in [-0.05, 0) is 40.0 Å². The fraction of sp³-hybridized carbons (Fsp3) is 0.455. The van der Waals surface area contributed by atoms with Crippen molar-refractivity contribution in [1.29, 1.82) is 0 Å². The Hall–Kier alpha value is -3.17. The molecule has 2 rings (SSSR count). The SMILES string of the molecule is CC(C)(C)OC(=O)NCCCC1=C(CCNC(=O)C(F)(F)F)C(=O)c2ccccc2C1=O. The maximum Gasteiger partial charge on any atom is 0.471 e. The molecule has 0 bridgehead atoms. The number of Topliss-reactive ketones (excluding diaryl/α,β-unsaturated/α-hetero) is 2. The smallest absolute Gasteiger partial charge is 0.444 e. The van der Waals surface area contributed by atoms with E-state index < -0.39 is 41.9 Å². The molecule has 0 spiro atoms. The number of hydrogen-bond donors (Lipinski definition) is 2. The van der Waals surface area contributed by atoms with Crippen molar-refractivity contribution in [3.63, 3.8) is 0 Å². The average Bonchev–Trinajstić information content (AvgIpc) is 2.68. The molecule has 0 saturated heterocycles. The van der Waals surface area contributed by atoms with E-state index in [0.717, 1.165) is 0 Å². The summed E-state index contributed by atoms with van der Waals surface area (Å²) in [4.78, 5) is 48.7. The van der Waals surface area contributed by atoms with Crippen LogP contribution in [0.1, 0.15) is 60.7 Å². The molecule has 2 amide bonds. The number of ether oxygens (including phenoxy) is 1. The molecule has 2 N–H and O–H groups in total. The van der Waals surface area contributed by atoms with Gasteiger partial charge in [0, 0.05) is 35.4 Å². The van der Waals surface area contributed by atoms with Gasteiger partial charge in [0.05, 0.1) is 0 Å². The molecule has 7 nitrogen and oxygen atoms in total. The van der Waals surface area contributed by atoms with Crippen LogP contribution in [-0.2, 0) is 9.53 Å². The molecule has 0 aromatic heterocycles. The number of carbonyl (C=O) groups excluding carboxylic acids is 4. The normalized spacial score (nSPS) is 14.2. The third-order valence-electron chi connectivity index (χ3n) is 4.52. The second-order valence-electron chi connectivity index (χ2n) is 8.20. The van der Waals surface area contributed by atoms with E-state index in [9.17, 15) is 32.3 Å². The fourth-order valence-electron chi connectivity index (χ4n) is 3.18. The summed E-state index contributed by atoms with van der Waals surface area (Å²) in [5.41, 5.74) is -0.0499. The maximum atomic E-state index is 13.0. The van der Waals surface area contributed by atoms with Gasteiger partial charge in [-0.3, -0.25) is 14.4 Å². The van der Waals surface area contributed by atoms with Gasteiger partial charge in [0.25, 0.3) is 0 Å². The first-order valence-electron chi connectivity index (χ1n) is 10.0. The van der Waals surface area contributed by atoms with Gasteiger partial charge in [-0.25, -0.2) is 4.79 Å². The highest BCUT2D eigenvalue weighted by molar-refractivity contribution is 6.26. The molecular weight excluding hydrogens is 429 g/mol. The number of amides is 2. The van der Waals surface area contributed by atoms with E-state index in [0.29, 0.717) is 6.42 Å². The molecule has 1 aliphatic carbocycles. The lowest BCUT2D eigenvalue weighted by Gasteiger charge is -2.22. The van der Waals surface area contributed by atoms with Gasteiger partial charge in [-0.1, -0.05) is 24.3 Å². The number of allylic oxidation sites excluding steroid dienone is 1. The van der Waals surface area contributed by atoms with Gasteiger partial charge in [-0.2, -0.15) is 13.2 Å². The zero-order valence-corrected chi connectivity index (χ0v) is 18.0. The number of rotatable bonds is 7. The van der Waals surface area contributed by atoms with E-state index >= 15 is 0 Å². The Morgan fingerprint density at radius 2 is 1.41 bits per heavy atom. The number of halogens is 3. The Morgan fingerprint density at radius 1 is 0.875 bits per heavy atom. The summed E-state index contributed by atoms with van der Waals surface area (Å²) in [5, 5.41) is 4.27. The van der Waals surface area contributed by atoms with E-state index in [1.165, 1.54) is 12.1 Å². The monoisotopic (exact) mass is 454 g/mol. The van der Waals surface area contributed by atoms with Gasteiger partial charge in [-0.15, -0.1) is 0 Å².